The Labute approximate surface area is 101 Å². The highest BCUT2D eigenvalue weighted by Gasteiger charge is 2.08. The highest BCUT2D eigenvalue weighted by Crippen LogP contribution is 2.09. The van der Waals surface area contributed by atoms with Crippen molar-refractivity contribution < 1.29 is 4.79 Å². The van der Waals surface area contributed by atoms with Gasteiger partial charge in [-0.25, -0.2) is 4.98 Å². The van der Waals surface area contributed by atoms with E-state index in [1.807, 2.05) is 6.07 Å². The number of Topliss-reactive ketones (excluding diaryl/α,β-unsaturated/α-hetero) is 1. The molecule has 0 N–H and O–H groups in total. The second-order valence-electron chi connectivity index (χ2n) is 3.16. The topological polar surface area (TPSA) is 55.7 Å². The van der Waals surface area contributed by atoms with E-state index in [0.29, 0.717) is 5.69 Å². The van der Waals surface area contributed by atoms with Crippen LogP contribution in [0.4, 0.5) is 0 Å². The lowest BCUT2D eigenvalue weighted by Gasteiger charge is -1.99. The third kappa shape index (κ3) is 2.70. The van der Waals surface area contributed by atoms with Crippen molar-refractivity contribution in [3.05, 3.63) is 52.8 Å². The number of carbonyl (C=O) groups excluding carboxylic acids is 1. The highest BCUT2D eigenvalue weighted by molar-refractivity contribution is 9.10. The van der Waals surface area contributed by atoms with Crippen LogP contribution in [0.1, 0.15) is 16.2 Å². The van der Waals surface area contributed by atoms with Gasteiger partial charge in [0, 0.05) is 28.8 Å². The molecule has 0 aliphatic rings. The summed E-state index contributed by atoms with van der Waals surface area (Å²) in [4.78, 5) is 23.7. The molecule has 0 saturated heterocycles. The van der Waals surface area contributed by atoms with Crippen molar-refractivity contribution in [3.63, 3.8) is 0 Å². The van der Waals surface area contributed by atoms with Crippen molar-refractivity contribution in [1.82, 2.24) is 15.0 Å². The molecule has 80 valence electrons. The molecule has 0 aliphatic carbocycles. The number of rotatable bonds is 3. The van der Waals surface area contributed by atoms with E-state index in [0.717, 1.165) is 10.2 Å². The van der Waals surface area contributed by atoms with Crippen molar-refractivity contribution in [3.8, 4) is 0 Å². The molecule has 0 radical (unpaired) electrons. The van der Waals surface area contributed by atoms with Gasteiger partial charge < -0.3 is 0 Å². The van der Waals surface area contributed by atoms with Crippen LogP contribution in [0, 0.1) is 0 Å². The summed E-state index contributed by atoms with van der Waals surface area (Å²) >= 11 is 3.29. The fourth-order valence-corrected chi connectivity index (χ4v) is 1.44. The van der Waals surface area contributed by atoms with Crippen LogP contribution in [-0.2, 0) is 6.42 Å². The Morgan fingerprint density at radius 3 is 2.69 bits per heavy atom. The Morgan fingerprint density at radius 1 is 1.19 bits per heavy atom. The second kappa shape index (κ2) is 4.94. The van der Waals surface area contributed by atoms with Crippen molar-refractivity contribution in [1.29, 1.82) is 0 Å². The normalized spacial score (nSPS) is 10.1. The largest absolute Gasteiger partial charge is 0.292 e. The molecule has 0 aromatic carbocycles. The van der Waals surface area contributed by atoms with Gasteiger partial charge in [-0.15, -0.1) is 0 Å². The van der Waals surface area contributed by atoms with Crippen molar-refractivity contribution in [2.24, 2.45) is 0 Å². The SMILES string of the molecule is O=C(Cc1ccc(Br)cn1)c1cnccn1. The van der Waals surface area contributed by atoms with Crippen LogP contribution < -0.4 is 0 Å². The number of hydrogen-bond acceptors (Lipinski definition) is 4. The van der Waals surface area contributed by atoms with Crippen LogP contribution in [0.2, 0.25) is 0 Å². The fourth-order valence-electron chi connectivity index (χ4n) is 1.21. The van der Waals surface area contributed by atoms with E-state index in [4.69, 9.17) is 0 Å². The van der Waals surface area contributed by atoms with Gasteiger partial charge >= 0.3 is 0 Å². The molecular weight excluding hydrogens is 270 g/mol. The lowest BCUT2D eigenvalue weighted by Crippen LogP contribution is -2.07. The molecule has 0 atom stereocenters. The number of nitrogens with zero attached hydrogens (tertiary/aromatic N) is 3. The summed E-state index contributed by atoms with van der Waals surface area (Å²) in [5.74, 6) is -0.0806. The Hall–Kier alpha value is -1.62. The molecule has 5 heteroatoms. The van der Waals surface area contributed by atoms with E-state index in [9.17, 15) is 4.79 Å². The van der Waals surface area contributed by atoms with Crippen molar-refractivity contribution in [2.45, 2.75) is 6.42 Å². The second-order valence-corrected chi connectivity index (χ2v) is 4.07. The zero-order chi connectivity index (χ0) is 11.4. The summed E-state index contributed by atoms with van der Waals surface area (Å²) in [6, 6.07) is 3.66. The number of ketones is 1. The van der Waals surface area contributed by atoms with Crippen molar-refractivity contribution >= 4 is 21.7 Å². The molecule has 0 bridgehead atoms. The number of carbonyl (C=O) groups is 1. The maximum atomic E-state index is 11.7. The molecule has 0 spiro atoms. The standard InChI is InChI=1S/C11H8BrN3O/c12-8-1-2-9(15-6-8)5-11(16)10-7-13-3-4-14-10/h1-4,6-7H,5H2. The Balaban J connectivity index is 2.11. The highest BCUT2D eigenvalue weighted by atomic mass is 79.9. The smallest absolute Gasteiger partial charge is 0.188 e. The zero-order valence-corrected chi connectivity index (χ0v) is 9.89. The third-order valence-corrected chi connectivity index (χ3v) is 2.45. The summed E-state index contributed by atoms with van der Waals surface area (Å²) in [7, 11) is 0. The summed E-state index contributed by atoms with van der Waals surface area (Å²) in [5, 5.41) is 0. The maximum absolute atomic E-state index is 11.7. The minimum absolute atomic E-state index is 0.0806. The van der Waals surface area contributed by atoms with Crippen LogP contribution in [0.5, 0.6) is 0 Å². The molecule has 2 aromatic heterocycles. The van der Waals surface area contributed by atoms with Gasteiger partial charge in [0.15, 0.2) is 5.78 Å². The molecule has 2 rings (SSSR count). The summed E-state index contributed by atoms with van der Waals surface area (Å²) in [6.45, 7) is 0. The van der Waals surface area contributed by atoms with E-state index >= 15 is 0 Å². The molecule has 0 saturated carbocycles. The first-order valence-electron chi connectivity index (χ1n) is 4.65. The van der Waals surface area contributed by atoms with Crippen LogP contribution in [0.25, 0.3) is 0 Å². The molecule has 0 amide bonds. The van der Waals surface area contributed by atoms with Gasteiger partial charge in [0.25, 0.3) is 0 Å². The number of aromatic nitrogens is 3. The Kier molecular flexibility index (Phi) is 3.36. The van der Waals surface area contributed by atoms with Crippen molar-refractivity contribution in [2.75, 3.05) is 0 Å². The van der Waals surface area contributed by atoms with Gasteiger partial charge in [-0.2, -0.15) is 0 Å². The third-order valence-electron chi connectivity index (χ3n) is 1.98. The minimum atomic E-state index is -0.0806. The average Bonchev–Trinajstić information content (AvgIpc) is 2.33. The lowest BCUT2D eigenvalue weighted by atomic mass is 10.1. The lowest BCUT2D eigenvalue weighted by molar-refractivity contribution is 0.0987. The monoisotopic (exact) mass is 277 g/mol. The predicted molar refractivity (Wildman–Crippen MR) is 62.0 cm³/mol. The molecule has 0 aliphatic heterocycles. The molecule has 16 heavy (non-hydrogen) atoms. The Morgan fingerprint density at radius 2 is 2.06 bits per heavy atom. The summed E-state index contributed by atoms with van der Waals surface area (Å²) < 4.78 is 0.892. The van der Waals surface area contributed by atoms with Gasteiger partial charge in [-0.1, -0.05) is 0 Å². The number of hydrogen-bond donors (Lipinski definition) is 0. The maximum Gasteiger partial charge on any atom is 0.188 e. The van der Waals surface area contributed by atoms with E-state index in [-0.39, 0.29) is 12.2 Å². The van der Waals surface area contributed by atoms with Crippen LogP contribution in [0.15, 0.2) is 41.4 Å². The number of pyridine rings is 1. The van der Waals surface area contributed by atoms with E-state index in [1.165, 1.54) is 18.6 Å². The average molecular weight is 278 g/mol. The van der Waals surface area contributed by atoms with E-state index in [2.05, 4.69) is 30.9 Å². The summed E-state index contributed by atoms with van der Waals surface area (Å²) in [5.41, 5.74) is 1.09. The molecule has 4 nitrogen and oxygen atoms in total. The zero-order valence-electron chi connectivity index (χ0n) is 8.30. The van der Waals surface area contributed by atoms with Gasteiger partial charge in [0.2, 0.25) is 0 Å². The molecule has 2 heterocycles. The molecule has 0 unspecified atom stereocenters. The van der Waals surface area contributed by atoms with Gasteiger partial charge in [-0.3, -0.25) is 14.8 Å². The van der Waals surface area contributed by atoms with Gasteiger partial charge in [0.05, 0.1) is 12.6 Å². The first-order chi connectivity index (χ1) is 7.75. The van der Waals surface area contributed by atoms with Crippen LogP contribution in [-0.4, -0.2) is 20.7 Å². The van der Waals surface area contributed by atoms with E-state index < -0.39 is 0 Å². The summed E-state index contributed by atoms with van der Waals surface area (Å²) in [6.07, 6.45) is 6.41. The first-order valence-corrected chi connectivity index (χ1v) is 5.44. The fraction of sp³-hybridized carbons (Fsp3) is 0.0909. The van der Waals surface area contributed by atoms with Crippen LogP contribution >= 0.6 is 15.9 Å². The van der Waals surface area contributed by atoms with E-state index in [1.54, 1.807) is 12.3 Å². The molecule has 2 aromatic rings. The first kappa shape index (κ1) is 10.9. The Bertz CT molecular complexity index is 484. The number of halogens is 1. The van der Waals surface area contributed by atoms with Crippen LogP contribution in [0.3, 0.4) is 0 Å². The predicted octanol–water partition coefficient (Wildman–Crippen LogP) is 2.06. The quantitative estimate of drug-likeness (QED) is 0.806. The minimum Gasteiger partial charge on any atom is -0.292 e. The van der Waals surface area contributed by atoms with Gasteiger partial charge in [0.1, 0.15) is 5.69 Å². The molecular formula is C11H8BrN3O. The molecule has 0 fully saturated rings. The van der Waals surface area contributed by atoms with Gasteiger partial charge in [-0.05, 0) is 28.1 Å².